The monoisotopic (exact) mass is 404 g/mol. The van der Waals surface area contributed by atoms with Gasteiger partial charge in [0.25, 0.3) is 5.91 Å². The molecule has 1 aliphatic rings. The van der Waals surface area contributed by atoms with E-state index in [-0.39, 0.29) is 36.4 Å². The third kappa shape index (κ3) is 6.46. The Morgan fingerprint density at radius 2 is 1.97 bits per heavy atom. The molecule has 1 atom stereocenters. The van der Waals surface area contributed by atoms with Crippen LogP contribution in [-0.2, 0) is 15.0 Å². The molecule has 1 aliphatic heterocycles. The number of rotatable bonds is 9. The number of quaternary nitrogens is 1. The molecular formula is C23H38N3O3+. The summed E-state index contributed by atoms with van der Waals surface area (Å²) in [5.41, 5.74) is 1.74. The molecule has 162 valence electrons. The highest BCUT2D eigenvalue weighted by Gasteiger charge is 2.29. The Balaban J connectivity index is 1.99. The van der Waals surface area contributed by atoms with Gasteiger partial charge in [-0.2, -0.15) is 0 Å². The smallest absolute Gasteiger partial charge is 0.265 e. The van der Waals surface area contributed by atoms with Gasteiger partial charge >= 0.3 is 0 Å². The van der Waals surface area contributed by atoms with E-state index in [2.05, 4.69) is 39.9 Å². The number of hydrogen-bond acceptors (Lipinski definition) is 3. The molecule has 2 amide bonds. The highest BCUT2D eigenvalue weighted by molar-refractivity contribution is 6.02. The SMILES string of the molecule is CC[NH+](CC)CCC[C@H](C)NC(=O)CN1C(=O)COc2ccc(C(C)(C)C)cc21. The maximum atomic E-state index is 12.6. The first-order valence-corrected chi connectivity index (χ1v) is 10.9. The van der Waals surface area contributed by atoms with E-state index in [0.29, 0.717) is 11.4 Å². The van der Waals surface area contributed by atoms with Crippen LogP contribution in [0.4, 0.5) is 5.69 Å². The summed E-state index contributed by atoms with van der Waals surface area (Å²) in [4.78, 5) is 28.2. The molecule has 2 rings (SSSR count). The number of anilines is 1. The van der Waals surface area contributed by atoms with Crippen LogP contribution in [0.2, 0.25) is 0 Å². The van der Waals surface area contributed by atoms with Gasteiger partial charge in [-0.3, -0.25) is 14.5 Å². The average molecular weight is 405 g/mol. The minimum absolute atomic E-state index is 0.0222. The first-order chi connectivity index (χ1) is 13.7. The normalized spacial score (nSPS) is 15.1. The van der Waals surface area contributed by atoms with Crippen LogP contribution >= 0.6 is 0 Å². The number of hydrogen-bond donors (Lipinski definition) is 2. The molecule has 0 fully saturated rings. The minimum Gasteiger partial charge on any atom is -0.482 e. The molecule has 0 radical (unpaired) electrons. The standard InChI is InChI=1S/C23H37N3O3/c1-7-25(8-2)13-9-10-17(3)24-21(27)15-26-19-14-18(23(4,5)6)11-12-20(19)29-16-22(26)28/h11-12,14,17H,7-10,13,15-16H2,1-6H3,(H,24,27)/p+1/t17-/m0/s1. The summed E-state index contributed by atoms with van der Waals surface area (Å²) in [5.74, 6) is 0.340. The van der Waals surface area contributed by atoms with E-state index < -0.39 is 0 Å². The second kappa shape index (κ2) is 10.1. The molecule has 0 aromatic heterocycles. The highest BCUT2D eigenvalue weighted by Crippen LogP contribution is 2.36. The molecule has 2 N–H and O–H groups in total. The van der Waals surface area contributed by atoms with E-state index in [4.69, 9.17) is 4.74 Å². The summed E-state index contributed by atoms with van der Waals surface area (Å²) < 4.78 is 5.57. The Bertz CT molecular complexity index is 708. The number of carbonyl (C=O) groups excluding carboxylic acids is 2. The number of nitrogens with one attached hydrogen (secondary N) is 2. The molecule has 29 heavy (non-hydrogen) atoms. The molecule has 1 heterocycles. The van der Waals surface area contributed by atoms with Crippen molar-refractivity contribution in [3.8, 4) is 5.75 Å². The molecule has 6 nitrogen and oxygen atoms in total. The molecule has 0 bridgehead atoms. The lowest BCUT2D eigenvalue weighted by atomic mass is 9.86. The molecule has 0 spiro atoms. The predicted octanol–water partition coefficient (Wildman–Crippen LogP) is 1.92. The zero-order valence-corrected chi connectivity index (χ0v) is 18.9. The fourth-order valence-corrected chi connectivity index (χ4v) is 3.64. The van der Waals surface area contributed by atoms with Gasteiger partial charge < -0.3 is 15.0 Å². The van der Waals surface area contributed by atoms with E-state index in [1.807, 2.05) is 25.1 Å². The number of fused-ring (bicyclic) bond motifs is 1. The summed E-state index contributed by atoms with van der Waals surface area (Å²) in [5, 5.41) is 3.05. The van der Waals surface area contributed by atoms with Gasteiger partial charge in [-0.25, -0.2) is 0 Å². The van der Waals surface area contributed by atoms with Crippen LogP contribution < -0.4 is 19.9 Å². The maximum absolute atomic E-state index is 12.6. The topological polar surface area (TPSA) is 63.1 Å². The van der Waals surface area contributed by atoms with Gasteiger partial charge in [0.05, 0.1) is 25.3 Å². The van der Waals surface area contributed by atoms with Crippen molar-refractivity contribution in [1.82, 2.24) is 5.32 Å². The zero-order valence-electron chi connectivity index (χ0n) is 18.9. The van der Waals surface area contributed by atoms with Crippen molar-refractivity contribution < 1.29 is 19.2 Å². The number of ether oxygens (including phenoxy) is 1. The Morgan fingerprint density at radius 1 is 1.28 bits per heavy atom. The van der Waals surface area contributed by atoms with Crippen LogP contribution in [0.3, 0.4) is 0 Å². The van der Waals surface area contributed by atoms with E-state index in [1.165, 1.54) is 0 Å². The van der Waals surface area contributed by atoms with Crippen molar-refractivity contribution >= 4 is 17.5 Å². The fraction of sp³-hybridized carbons (Fsp3) is 0.652. The molecule has 0 saturated heterocycles. The summed E-state index contributed by atoms with van der Waals surface area (Å²) in [6.07, 6.45) is 2.02. The van der Waals surface area contributed by atoms with Crippen molar-refractivity contribution in [3.05, 3.63) is 23.8 Å². The van der Waals surface area contributed by atoms with Crippen molar-refractivity contribution in [2.75, 3.05) is 37.7 Å². The van der Waals surface area contributed by atoms with Gasteiger partial charge in [-0.05, 0) is 56.7 Å². The predicted molar refractivity (Wildman–Crippen MR) is 117 cm³/mol. The van der Waals surface area contributed by atoms with E-state index >= 15 is 0 Å². The third-order valence-corrected chi connectivity index (χ3v) is 5.64. The number of nitrogens with zero attached hydrogens (tertiary/aromatic N) is 1. The van der Waals surface area contributed by atoms with Gasteiger partial charge in [-0.15, -0.1) is 0 Å². The number of amides is 2. The Labute approximate surface area is 175 Å². The van der Waals surface area contributed by atoms with Gasteiger partial charge in [0.2, 0.25) is 5.91 Å². The van der Waals surface area contributed by atoms with Crippen LogP contribution in [0, 0.1) is 0 Å². The second-order valence-corrected chi connectivity index (χ2v) is 9.02. The van der Waals surface area contributed by atoms with Crippen LogP contribution in [0.15, 0.2) is 18.2 Å². The van der Waals surface area contributed by atoms with Gasteiger partial charge in [0, 0.05) is 6.04 Å². The third-order valence-electron chi connectivity index (χ3n) is 5.64. The number of benzene rings is 1. The zero-order chi connectivity index (χ0) is 21.6. The Hall–Kier alpha value is -2.08. The van der Waals surface area contributed by atoms with Gasteiger partial charge in [0.1, 0.15) is 12.3 Å². The lowest BCUT2D eigenvalue weighted by Crippen LogP contribution is -3.11. The van der Waals surface area contributed by atoms with Crippen molar-refractivity contribution in [2.24, 2.45) is 0 Å². The molecule has 0 saturated carbocycles. The van der Waals surface area contributed by atoms with Gasteiger partial charge in [-0.1, -0.05) is 26.8 Å². The first-order valence-electron chi connectivity index (χ1n) is 10.9. The highest BCUT2D eigenvalue weighted by atomic mass is 16.5. The van der Waals surface area contributed by atoms with Crippen LogP contribution in [0.5, 0.6) is 5.75 Å². The summed E-state index contributed by atoms with van der Waals surface area (Å²) >= 11 is 0. The van der Waals surface area contributed by atoms with E-state index in [9.17, 15) is 9.59 Å². The van der Waals surface area contributed by atoms with Crippen molar-refractivity contribution in [2.45, 2.75) is 65.8 Å². The van der Waals surface area contributed by atoms with Crippen LogP contribution in [-0.4, -0.2) is 50.6 Å². The lowest BCUT2D eigenvalue weighted by molar-refractivity contribution is -0.896. The lowest BCUT2D eigenvalue weighted by Gasteiger charge is -2.31. The van der Waals surface area contributed by atoms with Crippen LogP contribution in [0.25, 0.3) is 0 Å². The maximum Gasteiger partial charge on any atom is 0.265 e. The minimum atomic E-state index is -0.184. The first kappa shape index (κ1) is 23.2. The molecule has 0 aliphatic carbocycles. The van der Waals surface area contributed by atoms with Crippen molar-refractivity contribution in [3.63, 3.8) is 0 Å². The molecule has 1 aromatic carbocycles. The molecule has 6 heteroatoms. The molecule has 0 unspecified atom stereocenters. The molecule has 1 aromatic rings. The Kier molecular flexibility index (Phi) is 8.08. The quantitative estimate of drug-likeness (QED) is 0.661. The molecular weight excluding hydrogens is 366 g/mol. The van der Waals surface area contributed by atoms with E-state index in [0.717, 1.165) is 38.0 Å². The summed E-state index contributed by atoms with van der Waals surface area (Å²) in [7, 11) is 0. The average Bonchev–Trinajstić information content (AvgIpc) is 2.66. The summed E-state index contributed by atoms with van der Waals surface area (Å²) in [6.45, 7) is 16.2. The Morgan fingerprint density at radius 3 is 2.59 bits per heavy atom. The number of carbonyl (C=O) groups is 2. The fourth-order valence-electron chi connectivity index (χ4n) is 3.64. The van der Waals surface area contributed by atoms with E-state index in [1.54, 1.807) is 9.80 Å². The van der Waals surface area contributed by atoms with Crippen LogP contribution in [0.1, 0.15) is 59.9 Å². The van der Waals surface area contributed by atoms with Gasteiger partial charge in [0.15, 0.2) is 6.61 Å². The largest absolute Gasteiger partial charge is 0.482 e. The second-order valence-electron chi connectivity index (χ2n) is 9.02. The van der Waals surface area contributed by atoms with Crippen molar-refractivity contribution in [1.29, 1.82) is 0 Å². The summed E-state index contributed by atoms with van der Waals surface area (Å²) in [6, 6.07) is 5.97.